The van der Waals surface area contributed by atoms with Crippen molar-refractivity contribution in [3.63, 3.8) is 0 Å². The van der Waals surface area contributed by atoms with Crippen LogP contribution in [0, 0.1) is 0 Å². The van der Waals surface area contributed by atoms with Crippen molar-refractivity contribution in [3.05, 3.63) is 23.2 Å². The number of benzene rings is 1. The van der Waals surface area contributed by atoms with Gasteiger partial charge < -0.3 is 15.2 Å². The van der Waals surface area contributed by atoms with Gasteiger partial charge in [0.1, 0.15) is 0 Å². The van der Waals surface area contributed by atoms with Crippen molar-refractivity contribution in [2.45, 2.75) is 25.0 Å². The smallest absolute Gasteiger partial charge is 0.166 e. The molecule has 0 spiro atoms. The SMILES string of the molecule is CCOC(CSc1c(N)cccc1Cl)OCC. The monoisotopic (exact) mass is 275 g/mol. The lowest BCUT2D eigenvalue weighted by atomic mass is 10.3. The number of ether oxygens (including phenoxy) is 2. The Morgan fingerprint density at radius 2 is 1.94 bits per heavy atom. The molecule has 1 aromatic rings. The van der Waals surface area contributed by atoms with Gasteiger partial charge in [-0.1, -0.05) is 17.7 Å². The van der Waals surface area contributed by atoms with Crippen molar-refractivity contribution in [2.75, 3.05) is 24.7 Å². The highest BCUT2D eigenvalue weighted by Crippen LogP contribution is 2.33. The number of nitrogens with two attached hydrogens (primary N) is 1. The molecule has 96 valence electrons. The highest BCUT2D eigenvalue weighted by Gasteiger charge is 2.11. The van der Waals surface area contributed by atoms with Crippen LogP contribution >= 0.6 is 23.4 Å². The van der Waals surface area contributed by atoms with Gasteiger partial charge in [-0.05, 0) is 26.0 Å². The molecule has 0 fully saturated rings. The zero-order chi connectivity index (χ0) is 12.7. The second kappa shape index (κ2) is 7.82. The fourth-order valence-corrected chi connectivity index (χ4v) is 2.63. The molecule has 1 aromatic carbocycles. The fraction of sp³-hybridized carbons (Fsp3) is 0.500. The quantitative estimate of drug-likeness (QED) is 0.470. The fourth-order valence-electron chi connectivity index (χ4n) is 1.35. The largest absolute Gasteiger partial charge is 0.398 e. The first-order valence-corrected chi connectivity index (χ1v) is 6.95. The van der Waals surface area contributed by atoms with Crippen molar-refractivity contribution in [3.8, 4) is 0 Å². The van der Waals surface area contributed by atoms with Gasteiger partial charge in [0.2, 0.25) is 0 Å². The predicted molar refractivity (Wildman–Crippen MR) is 73.6 cm³/mol. The summed E-state index contributed by atoms with van der Waals surface area (Å²) in [6.45, 7) is 5.15. The highest BCUT2D eigenvalue weighted by atomic mass is 35.5. The number of nitrogen functional groups attached to an aromatic ring is 1. The standard InChI is InChI=1S/C12H18ClNO2S/c1-3-15-11(16-4-2)8-17-12-9(13)6-5-7-10(12)14/h5-7,11H,3-4,8,14H2,1-2H3. The van der Waals surface area contributed by atoms with E-state index < -0.39 is 0 Å². The average molecular weight is 276 g/mol. The first kappa shape index (κ1) is 14.6. The van der Waals surface area contributed by atoms with Gasteiger partial charge in [0.15, 0.2) is 6.29 Å². The minimum absolute atomic E-state index is 0.217. The van der Waals surface area contributed by atoms with Crippen molar-refractivity contribution in [1.29, 1.82) is 0 Å². The predicted octanol–water partition coefficient (Wildman–Crippen LogP) is 3.41. The molecule has 0 unspecified atom stereocenters. The van der Waals surface area contributed by atoms with Crippen molar-refractivity contribution in [2.24, 2.45) is 0 Å². The summed E-state index contributed by atoms with van der Waals surface area (Å²) in [6.07, 6.45) is -0.217. The third-order valence-electron chi connectivity index (χ3n) is 2.07. The maximum Gasteiger partial charge on any atom is 0.166 e. The van der Waals surface area contributed by atoms with E-state index in [0.29, 0.717) is 29.7 Å². The molecule has 1 rings (SSSR count). The second-order valence-corrected chi connectivity index (χ2v) is 4.75. The number of hydrogen-bond acceptors (Lipinski definition) is 4. The Labute approximate surface area is 112 Å². The summed E-state index contributed by atoms with van der Waals surface area (Å²) in [5.74, 6) is 0.676. The summed E-state index contributed by atoms with van der Waals surface area (Å²) in [6, 6.07) is 5.51. The van der Waals surface area contributed by atoms with E-state index >= 15 is 0 Å². The van der Waals surface area contributed by atoms with E-state index in [9.17, 15) is 0 Å². The molecule has 0 atom stereocenters. The zero-order valence-electron chi connectivity index (χ0n) is 10.1. The van der Waals surface area contributed by atoms with Gasteiger partial charge in [0.05, 0.1) is 5.02 Å². The molecular weight excluding hydrogens is 258 g/mol. The van der Waals surface area contributed by atoms with E-state index in [1.165, 1.54) is 0 Å². The number of thioether (sulfide) groups is 1. The summed E-state index contributed by atoms with van der Waals surface area (Å²) in [7, 11) is 0. The van der Waals surface area contributed by atoms with Crippen molar-refractivity contribution in [1.82, 2.24) is 0 Å². The molecular formula is C12H18ClNO2S. The summed E-state index contributed by atoms with van der Waals surface area (Å²) in [5.41, 5.74) is 6.56. The normalized spacial score (nSPS) is 11.1. The lowest BCUT2D eigenvalue weighted by Gasteiger charge is -2.17. The van der Waals surface area contributed by atoms with E-state index in [0.717, 1.165) is 4.90 Å². The summed E-state index contributed by atoms with van der Waals surface area (Å²) in [5, 5.41) is 0.668. The molecule has 0 aromatic heterocycles. The van der Waals surface area contributed by atoms with Crippen molar-refractivity contribution >= 4 is 29.1 Å². The lowest BCUT2D eigenvalue weighted by Crippen LogP contribution is -2.20. The highest BCUT2D eigenvalue weighted by molar-refractivity contribution is 7.99. The van der Waals surface area contributed by atoms with Crippen LogP contribution in [0.1, 0.15) is 13.8 Å². The first-order chi connectivity index (χ1) is 8.19. The molecule has 0 bridgehead atoms. The maximum atomic E-state index is 6.08. The number of halogens is 1. The molecule has 0 heterocycles. The van der Waals surface area contributed by atoms with Gasteiger partial charge in [-0.3, -0.25) is 0 Å². The molecule has 5 heteroatoms. The Hall–Kier alpha value is -0.420. The van der Waals surface area contributed by atoms with Crippen LogP contribution in [0.25, 0.3) is 0 Å². The summed E-state index contributed by atoms with van der Waals surface area (Å²) >= 11 is 7.64. The van der Waals surface area contributed by atoms with Crippen LogP contribution in [0.5, 0.6) is 0 Å². The topological polar surface area (TPSA) is 44.5 Å². The third-order valence-corrected chi connectivity index (χ3v) is 3.68. The molecule has 0 aliphatic heterocycles. The van der Waals surface area contributed by atoms with E-state index in [1.807, 2.05) is 32.0 Å². The Bertz CT molecular complexity index is 323. The lowest BCUT2D eigenvalue weighted by molar-refractivity contribution is -0.120. The van der Waals surface area contributed by atoms with E-state index in [-0.39, 0.29) is 6.29 Å². The van der Waals surface area contributed by atoms with E-state index in [2.05, 4.69) is 0 Å². The maximum absolute atomic E-state index is 6.08. The Kier molecular flexibility index (Phi) is 6.73. The van der Waals surface area contributed by atoms with Gasteiger partial charge in [-0.25, -0.2) is 0 Å². The molecule has 0 amide bonds. The third kappa shape index (κ3) is 4.76. The van der Waals surface area contributed by atoms with E-state index in [4.69, 9.17) is 26.8 Å². The van der Waals surface area contributed by atoms with Crippen LogP contribution in [0.15, 0.2) is 23.1 Å². The number of hydrogen-bond donors (Lipinski definition) is 1. The van der Waals surface area contributed by atoms with Crippen LogP contribution in [-0.4, -0.2) is 25.3 Å². The Morgan fingerprint density at radius 1 is 1.29 bits per heavy atom. The van der Waals surface area contributed by atoms with Gasteiger partial charge in [-0.15, -0.1) is 11.8 Å². The van der Waals surface area contributed by atoms with Crippen LogP contribution in [0.3, 0.4) is 0 Å². The minimum Gasteiger partial charge on any atom is -0.398 e. The van der Waals surface area contributed by atoms with Crippen LogP contribution in [-0.2, 0) is 9.47 Å². The van der Waals surface area contributed by atoms with Crippen LogP contribution < -0.4 is 5.73 Å². The number of anilines is 1. The van der Waals surface area contributed by atoms with Gasteiger partial charge in [0, 0.05) is 29.5 Å². The number of rotatable bonds is 7. The first-order valence-electron chi connectivity index (χ1n) is 5.59. The molecule has 2 N–H and O–H groups in total. The molecule has 3 nitrogen and oxygen atoms in total. The van der Waals surface area contributed by atoms with Crippen molar-refractivity contribution < 1.29 is 9.47 Å². The average Bonchev–Trinajstić information content (AvgIpc) is 2.29. The van der Waals surface area contributed by atoms with Gasteiger partial charge >= 0.3 is 0 Å². The molecule has 0 aliphatic carbocycles. The molecule has 0 saturated carbocycles. The summed E-state index contributed by atoms with van der Waals surface area (Å²) in [4.78, 5) is 0.888. The van der Waals surface area contributed by atoms with E-state index in [1.54, 1.807) is 11.8 Å². The molecule has 0 radical (unpaired) electrons. The van der Waals surface area contributed by atoms with Gasteiger partial charge in [-0.2, -0.15) is 0 Å². The van der Waals surface area contributed by atoms with Crippen LogP contribution in [0.2, 0.25) is 5.02 Å². The van der Waals surface area contributed by atoms with Crippen LogP contribution in [0.4, 0.5) is 5.69 Å². The minimum atomic E-state index is -0.217. The second-order valence-electron chi connectivity index (χ2n) is 3.31. The molecule has 0 saturated heterocycles. The molecule has 0 aliphatic rings. The zero-order valence-corrected chi connectivity index (χ0v) is 11.7. The Morgan fingerprint density at radius 3 is 2.47 bits per heavy atom. The van der Waals surface area contributed by atoms with Gasteiger partial charge in [0.25, 0.3) is 0 Å². The summed E-state index contributed by atoms with van der Waals surface area (Å²) < 4.78 is 10.9. The Balaban J connectivity index is 2.58. The molecule has 17 heavy (non-hydrogen) atoms.